The van der Waals surface area contributed by atoms with E-state index in [2.05, 4.69) is 29.4 Å². The molecule has 4 rings (SSSR count). The minimum Gasteiger partial charge on any atom is -0.378 e. The number of morpholine rings is 1. The van der Waals surface area contributed by atoms with Crippen LogP contribution in [0.5, 0.6) is 0 Å². The van der Waals surface area contributed by atoms with Crippen molar-refractivity contribution in [3.8, 4) is 0 Å². The van der Waals surface area contributed by atoms with Crippen LogP contribution in [0.1, 0.15) is 18.4 Å². The van der Waals surface area contributed by atoms with Gasteiger partial charge in [-0.2, -0.15) is 0 Å². The number of ether oxygens (including phenoxy) is 1. The van der Waals surface area contributed by atoms with E-state index in [4.69, 9.17) is 4.74 Å². The third-order valence-corrected chi connectivity index (χ3v) is 6.28. The normalized spacial score (nSPS) is 17.2. The maximum Gasteiger partial charge on any atom is 0.321 e. The highest BCUT2D eigenvalue weighted by atomic mass is 16.5. The molecule has 0 aliphatic carbocycles. The van der Waals surface area contributed by atoms with Crippen molar-refractivity contribution in [2.45, 2.75) is 19.4 Å². The Bertz CT molecular complexity index is 889. The minimum atomic E-state index is -0.104. The van der Waals surface area contributed by atoms with E-state index >= 15 is 0 Å². The van der Waals surface area contributed by atoms with Crippen molar-refractivity contribution in [2.24, 2.45) is 5.92 Å². The fourth-order valence-electron chi connectivity index (χ4n) is 4.32. The minimum absolute atomic E-state index is 0.0107. The summed E-state index contributed by atoms with van der Waals surface area (Å²) in [6, 6.07) is 18.1. The molecular formula is C25H32N4O3. The number of anilines is 2. The van der Waals surface area contributed by atoms with Gasteiger partial charge in [0.2, 0.25) is 5.91 Å². The van der Waals surface area contributed by atoms with Crippen molar-refractivity contribution in [1.29, 1.82) is 0 Å². The molecule has 0 bridgehead atoms. The molecule has 2 heterocycles. The molecule has 32 heavy (non-hydrogen) atoms. The Morgan fingerprint density at radius 2 is 1.59 bits per heavy atom. The zero-order chi connectivity index (χ0) is 22.3. The van der Waals surface area contributed by atoms with E-state index in [9.17, 15) is 9.59 Å². The number of rotatable bonds is 5. The first-order chi connectivity index (χ1) is 15.6. The number of nitrogens with one attached hydrogen (secondary N) is 1. The number of hydrogen-bond acceptors (Lipinski definition) is 4. The van der Waals surface area contributed by atoms with Gasteiger partial charge in [-0.05, 0) is 42.7 Å². The van der Waals surface area contributed by atoms with Gasteiger partial charge in [-0.15, -0.1) is 0 Å². The number of amides is 3. The lowest BCUT2D eigenvalue weighted by Crippen LogP contribution is -2.48. The van der Waals surface area contributed by atoms with Gasteiger partial charge in [0.05, 0.1) is 13.2 Å². The first-order valence-electron chi connectivity index (χ1n) is 11.4. The number of piperidine rings is 1. The predicted molar refractivity (Wildman–Crippen MR) is 126 cm³/mol. The average Bonchev–Trinajstić information content (AvgIpc) is 2.85. The summed E-state index contributed by atoms with van der Waals surface area (Å²) < 4.78 is 5.33. The van der Waals surface area contributed by atoms with Crippen LogP contribution in [0, 0.1) is 5.92 Å². The van der Waals surface area contributed by atoms with E-state index < -0.39 is 0 Å². The van der Waals surface area contributed by atoms with Crippen LogP contribution in [-0.4, -0.2) is 68.2 Å². The quantitative estimate of drug-likeness (QED) is 0.780. The van der Waals surface area contributed by atoms with Crippen molar-refractivity contribution in [2.75, 3.05) is 56.7 Å². The number of urea groups is 1. The third kappa shape index (κ3) is 5.59. The van der Waals surface area contributed by atoms with Gasteiger partial charge < -0.3 is 24.8 Å². The number of likely N-dealkylation sites (tertiary alicyclic amines) is 1. The van der Waals surface area contributed by atoms with Gasteiger partial charge in [0.15, 0.2) is 0 Å². The Balaban J connectivity index is 1.25. The molecule has 0 unspecified atom stereocenters. The van der Waals surface area contributed by atoms with E-state index in [1.807, 2.05) is 47.4 Å². The molecule has 0 atom stereocenters. The van der Waals surface area contributed by atoms with E-state index in [-0.39, 0.29) is 17.9 Å². The molecule has 1 N–H and O–H groups in total. The van der Waals surface area contributed by atoms with Crippen LogP contribution in [0.15, 0.2) is 54.6 Å². The van der Waals surface area contributed by atoms with Crippen molar-refractivity contribution >= 4 is 23.3 Å². The molecule has 2 saturated heterocycles. The molecule has 2 aromatic carbocycles. The third-order valence-electron chi connectivity index (χ3n) is 6.28. The largest absolute Gasteiger partial charge is 0.378 e. The summed E-state index contributed by atoms with van der Waals surface area (Å²) in [5.74, 6) is 0.222. The molecule has 0 aromatic heterocycles. The van der Waals surface area contributed by atoms with E-state index in [0.29, 0.717) is 52.2 Å². The highest BCUT2D eigenvalue weighted by molar-refractivity contribution is 5.90. The molecule has 170 valence electrons. The summed E-state index contributed by atoms with van der Waals surface area (Å²) in [5, 5.41) is 2.99. The van der Waals surface area contributed by atoms with Crippen LogP contribution in [0.2, 0.25) is 0 Å². The van der Waals surface area contributed by atoms with Crippen LogP contribution in [0.3, 0.4) is 0 Å². The molecule has 0 radical (unpaired) electrons. The van der Waals surface area contributed by atoms with Gasteiger partial charge in [-0.25, -0.2) is 4.79 Å². The molecule has 7 heteroatoms. The maximum atomic E-state index is 12.7. The Kier molecular flexibility index (Phi) is 7.27. The van der Waals surface area contributed by atoms with Crippen molar-refractivity contribution < 1.29 is 14.3 Å². The lowest BCUT2D eigenvalue weighted by atomic mass is 9.95. The predicted octanol–water partition coefficient (Wildman–Crippen LogP) is 3.43. The van der Waals surface area contributed by atoms with Crippen LogP contribution in [0.25, 0.3) is 0 Å². The second-order valence-corrected chi connectivity index (χ2v) is 8.52. The summed E-state index contributed by atoms with van der Waals surface area (Å²) in [6.07, 6.45) is 1.43. The fraction of sp³-hybridized carbons (Fsp3) is 0.440. The van der Waals surface area contributed by atoms with E-state index in [0.717, 1.165) is 17.9 Å². The summed E-state index contributed by atoms with van der Waals surface area (Å²) in [7, 11) is 2.06. The molecule has 0 saturated carbocycles. The van der Waals surface area contributed by atoms with Gasteiger partial charge in [0, 0.05) is 57.1 Å². The first kappa shape index (κ1) is 22.1. The summed E-state index contributed by atoms with van der Waals surface area (Å²) >= 11 is 0. The fourth-order valence-corrected chi connectivity index (χ4v) is 4.32. The van der Waals surface area contributed by atoms with Gasteiger partial charge in [0.25, 0.3) is 0 Å². The molecule has 7 nitrogen and oxygen atoms in total. The lowest BCUT2D eigenvalue weighted by Gasteiger charge is -2.35. The Morgan fingerprint density at radius 3 is 2.25 bits per heavy atom. The number of nitrogens with zero attached hydrogens (tertiary/aromatic N) is 3. The highest BCUT2D eigenvalue weighted by Crippen LogP contribution is 2.22. The second-order valence-electron chi connectivity index (χ2n) is 8.52. The summed E-state index contributed by atoms with van der Waals surface area (Å²) in [6.45, 7) is 4.62. The van der Waals surface area contributed by atoms with Crippen LogP contribution in [0.4, 0.5) is 16.2 Å². The van der Waals surface area contributed by atoms with Crippen molar-refractivity contribution in [1.82, 2.24) is 9.80 Å². The Morgan fingerprint density at radius 1 is 0.938 bits per heavy atom. The maximum absolute atomic E-state index is 12.7. The summed E-state index contributed by atoms with van der Waals surface area (Å²) in [4.78, 5) is 31.3. The van der Waals surface area contributed by atoms with Gasteiger partial charge in [0.1, 0.15) is 0 Å². The number of carbonyl (C=O) groups excluding carboxylic acids is 2. The molecule has 2 fully saturated rings. The van der Waals surface area contributed by atoms with E-state index in [1.165, 1.54) is 5.56 Å². The summed E-state index contributed by atoms with van der Waals surface area (Å²) in [5.41, 5.74) is 3.12. The van der Waals surface area contributed by atoms with Gasteiger partial charge >= 0.3 is 6.03 Å². The molecule has 2 aromatic rings. The van der Waals surface area contributed by atoms with Crippen LogP contribution in [-0.2, 0) is 16.1 Å². The van der Waals surface area contributed by atoms with Crippen LogP contribution >= 0.6 is 0 Å². The van der Waals surface area contributed by atoms with E-state index in [1.54, 1.807) is 4.90 Å². The number of benzene rings is 2. The van der Waals surface area contributed by atoms with Crippen molar-refractivity contribution in [3.05, 3.63) is 60.2 Å². The molecular weight excluding hydrogens is 404 g/mol. The molecule has 0 spiro atoms. The monoisotopic (exact) mass is 436 g/mol. The van der Waals surface area contributed by atoms with Crippen LogP contribution < -0.4 is 10.2 Å². The highest BCUT2D eigenvalue weighted by Gasteiger charge is 2.30. The van der Waals surface area contributed by atoms with Gasteiger partial charge in [-0.1, -0.05) is 30.3 Å². The smallest absolute Gasteiger partial charge is 0.321 e. The topological polar surface area (TPSA) is 65.1 Å². The van der Waals surface area contributed by atoms with Crippen molar-refractivity contribution in [3.63, 3.8) is 0 Å². The second kappa shape index (κ2) is 10.5. The van der Waals surface area contributed by atoms with Gasteiger partial charge in [-0.3, -0.25) is 4.79 Å². The number of carbonyl (C=O) groups is 2. The lowest BCUT2D eigenvalue weighted by molar-refractivity contribution is -0.140. The first-order valence-corrected chi connectivity index (χ1v) is 11.4. The Hall–Kier alpha value is -3.06. The average molecular weight is 437 g/mol. The number of hydrogen-bond donors (Lipinski definition) is 1. The zero-order valence-electron chi connectivity index (χ0n) is 18.7. The molecule has 2 aliphatic heterocycles. The zero-order valence-corrected chi connectivity index (χ0v) is 18.7. The molecule has 3 amide bonds. The standard InChI is InChI=1S/C25H32N4O3/c1-27(19-20-5-3-2-4-6-20)23-9-7-22(8-10-23)26-25(31)29-13-11-21(12-14-29)24(30)28-15-17-32-18-16-28/h2-10,21H,11-19H2,1H3,(H,26,31). The Labute approximate surface area is 189 Å². The SMILES string of the molecule is CN(Cc1ccccc1)c1ccc(NC(=O)N2CCC(C(=O)N3CCOCC3)CC2)cc1. The molecule has 2 aliphatic rings.